The van der Waals surface area contributed by atoms with Gasteiger partial charge in [0.2, 0.25) is 5.95 Å². The van der Waals surface area contributed by atoms with Crippen LogP contribution in [0.25, 0.3) is 11.1 Å². The molecule has 2 aromatic rings. The van der Waals surface area contributed by atoms with Crippen LogP contribution in [0.4, 0.5) is 5.95 Å². The molecule has 1 aromatic heterocycles. The average molecular weight is 268 g/mol. The van der Waals surface area contributed by atoms with Crippen LogP contribution in [-0.2, 0) is 0 Å². The maximum atomic E-state index is 4.53. The number of anilines is 1. The van der Waals surface area contributed by atoms with E-state index in [0.29, 0.717) is 6.04 Å². The zero-order valence-electron chi connectivity index (χ0n) is 12.0. The van der Waals surface area contributed by atoms with Crippen molar-refractivity contribution in [3.05, 3.63) is 42.2 Å². The number of nitrogens with zero attached hydrogens (tertiary/aromatic N) is 3. The first kappa shape index (κ1) is 13.1. The van der Waals surface area contributed by atoms with Gasteiger partial charge in [0, 0.05) is 43.6 Å². The number of hydrogen-bond acceptors (Lipinski definition) is 4. The van der Waals surface area contributed by atoms with Gasteiger partial charge in [0.25, 0.3) is 0 Å². The van der Waals surface area contributed by atoms with Crippen LogP contribution in [0.1, 0.15) is 12.5 Å². The van der Waals surface area contributed by atoms with E-state index in [9.17, 15) is 0 Å². The second kappa shape index (κ2) is 5.59. The summed E-state index contributed by atoms with van der Waals surface area (Å²) in [5.41, 5.74) is 3.49. The molecule has 20 heavy (non-hydrogen) atoms. The van der Waals surface area contributed by atoms with Crippen molar-refractivity contribution in [1.82, 2.24) is 15.3 Å². The number of aromatic nitrogens is 2. The first-order chi connectivity index (χ1) is 9.72. The van der Waals surface area contributed by atoms with Crippen LogP contribution < -0.4 is 10.2 Å². The standard InChI is InChI=1S/C16H20N4/c1-12-4-3-5-14(8-12)15-9-18-16(19-10-15)20-7-6-17-13(2)11-20/h3-5,8-10,13,17H,6-7,11H2,1-2H3. The average Bonchev–Trinajstić information content (AvgIpc) is 2.47. The maximum absolute atomic E-state index is 4.53. The smallest absolute Gasteiger partial charge is 0.225 e. The lowest BCUT2D eigenvalue weighted by Gasteiger charge is -2.31. The van der Waals surface area contributed by atoms with Gasteiger partial charge in [0.05, 0.1) is 0 Å². The molecule has 1 aromatic carbocycles. The van der Waals surface area contributed by atoms with Gasteiger partial charge in [-0.3, -0.25) is 0 Å². The molecule has 1 atom stereocenters. The number of nitrogens with one attached hydrogen (secondary N) is 1. The second-order valence-corrected chi connectivity index (χ2v) is 5.44. The van der Waals surface area contributed by atoms with Gasteiger partial charge in [0.1, 0.15) is 0 Å². The molecule has 1 aliphatic rings. The van der Waals surface area contributed by atoms with Crippen molar-refractivity contribution in [2.24, 2.45) is 0 Å². The summed E-state index contributed by atoms with van der Waals surface area (Å²) in [7, 11) is 0. The SMILES string of the molecule is Cc1cccc(-c2cnc(N3CCNC(C)C3)nc2)c1. The fourth-order valence-corrected chi connectivity index (χ4v) is 2.57. The first-order valence-electron chi connectivity index (χ1n) is 7.10. The Kier molecular flexibility index (Phi) is 3.65. The molecule has 1 aliphatic heterocycles. The summed E-state index contributed by atoms with van der Waals surface area (Å²) in [4.78, 5) is 11.3. The van der Waals surface area contributed by atoms with Gasteiger partial charge in [-0.15, -0.1) is 0 Å². The highest BCUT2D eigenvalue weighted by molar-refractivity contribution is 5.62. The van der Waals surface area contributed by atoms with Crippen LogP contribution in [0.15, 0.2) is 36.7 Å². The molecule has 1 fully saturated rings. The lowest BCUT2D eigenvalue weighted by atomic mass is 10.1. The molecule has 104 valence electrons. The molecule has 2 heterocycles. The van der Waals surface area contributed by atoms with Gasteiger partial charge in [-0.1, -0.05) is 29.8 Å². The third kappa shape index (κ3) is 2.80. The van der Waals surface area contributed by atoms with Crippen LogP contribution in [0, 0.1) is 6.92 Å². The topological polar surface area (TPSA) is 41.1 Å². The van der Waals surface area contributed by atoms with Crippen molar-refractivity contribution in [3.8, 4) is 11.1 Å². The van der Waals surface area contributed by atoms with E-state index in [-0.39, 0.29) is 0 Å². The number of piperazine rings is 1. The third-order valence-electron chi connectivity index (χ3n) is 3.64. The Morgan fingerprint density at radius 2 is 2.00 bits per heavy atom. The quantitative estimate of drug-likeness (QED) is 0.907. The van der Waals surface area contributed by atoms with Gasteiger partial charge >= 0.3 is 0 Å². The van der Waals surface area contributed by atoms with E-state index in [2.05, 4.69) is 58.3 Å². The Morgan fingerprint density at radius 1 is 1.20 bits per heavy atom. The molecule has 0 bridgehead atoms. The molecule has 3 rings (SSSR count). The minimum Gasteiger partial charge on any atom is -0.338 e. The number of aryl methyl sites for hydroxylation is 1. The van der Waals surface area contributed by atoms with E-state index < -0.39 is 0 Å². The van der Waals surface area contributed by atoms with Crippen LogP contribution in [0.5, 0.6) is 0 Å². The largest absolute Gasteiger partial charge is 0.338 e. The predicted molar refractivity (Wildman–Crippen MR) is 81.9 cm³/mol. The van der Waals surface area contributed by atoms with Crippen molar-refractivity contribution < 1.29 is 0 Å². The highest BCUT2D eigenvalue weighted by Crippen LogP contribution is 2.20. The summed E-state index contributed by atoms with van der Waals surface area (Å²) in [6, 6.07) is 8.91. The zero-order chi connectivity index (χ0) is 13.9. The molecule has 0 saturated carbocycles. The summed E-state index contributed by atoms with van der Waals surface area (Å²) in [6.45, 7) is 7.20. The lowest BCUT2D eigenvalue weighted by molar-refractivity contribution is 0.479. The highest BCUT2D eigenvalue weighted by atomic mass is 15.3. The van der Waals surface area contributed by atoms with Crippen LogP contribution in [0.3, 0.4) is 0 Å². The second-order valence-electron chi connectivity index (χ2n) is 5.44. The summed E-state index contributed by atoms with van der Waals surface area (Å²) < 4.78 is 0. The molecular formula is C16H20N4. The minimum absolute atomic E-state index is 0.490. The summed E-state index contributed by atoms with van der Waals surface area (Å²) >= 11 is 0. The third-order valence-corrected chi connectivity index (χ3v) is 3.64. The normalized spacial score (nSPS) is 19.1. The molecule has 4 nitrogen and oxygen atoms in total. The first-order valence-corrected chi connectivity index (χ1v) is 7.10. The fraction of sp³-hybridized carbons (Fsp3) is 0.375. The summed E-state index contributed by atoms with van der Waals surface area (Å²) in [6.07, 6.45) is 3.84. The molecule has 4 heteroatoms. The molecular weight excluding hydrogens is 248 g/mol. The Balaban J connectivity index is 1.80. The molecule has 1 unspecified atom stereocenters. The van der Waals surface area contributed by atoms with Gasteiger partial charge in [-0.05, 0) is 19.4 Å². The van der Waals surface area contributed by atoms with Crippen LogP contribution in [0.2, 0.25) is 0 Å². The van der Waals surface area contributed by atoms with Gasteiger partial charge in [-0.2, -0.15) is 0 Å². The van der Waals surface area contributed by atoms with E-state index in [1.807, 2.05) is 12.4 Å². The van der Waals surface area contributed by atoms with E-state index in [4.69, 9.17) is 0 Å². The Hall–Kier alpha value is -1.94. The monoisotopic (exact) mass is 268 g/mol. The Bertz CT molecular complexity index is 579. The Morgan fingerprint density at radius 3 is 2.70 bits per heavy atom. The number of benzene rings is 1. The van der Waals surface area contributed by atoms with Crippen molar-refractivity contribution in [2.45, 2.75) is 19.9 Å². The van der Waals surface area contributed by atoms with E-state index in [1.54, 1.807) is 0 Å². The molecule has 1 N–H and O–H groups in total. The van der Waals surface area contributed by atoms with Gasteiger partial charge in [0.15, 0.2) is 0 Å². The van der Waals surface area contributed by atoms with Crippen LogP contribution in [-0.4, -0.2) is 35.6 Å². The van der Waals surface area contributed by atoms with Gasteiger partial charge < -0.3 is 10.2 Å². The number of rotatable bonds is 2. The van der Waals surface area contributed by atoms with Crippen molar-refractivity contribution in [3.63, 3.8) is 0 Å². The highest BCUT2D eigenvalue weighted by Gasteiger charge is 2.17. The molecule has 0 radical (unpaired) electrons. The van der Waals surface area contributed by atoms with E-state index in [1.165, 1.54) is 11.1 Å². The maximum Gasteiger partial charge on any atom is 0.225 e. The van der Waals surface area contributed by atoms with Crippen LogP contribution >= 0.6 is 0 Å². The zero-order valence-corrected chi connectivity index (χ0v) is 12.0. The molecule has 0 spiro atoms. The molecule has 0 amide bonds. The van der Waals surface area contributed by atoms with Gasteiger partial charge in [-0.25, -0.2) is 9.97 Å². The van der Waals surface area contributed by atoms with Crippen molar-refractivity contribution >= 4 is 5.95 Å². The van der Waals surface area contributed by atoms with E-state index >= 15 is 0 Å². The molecule has 0 aliphatic carbocycles. The fourth-order valence-electron chi connectivity index (χ4n) is 2.57. The van der Waals surface area contributed by atoms with E-state index in [0.717, 1.165) is 31.1 Å². The molecule has 1 saturated heterocycles. The summed E-state index contributed by atoms with van der Waals surface area (Å²) in [5.74, 6) is 0.828. The predicted octanol–water partition coefficient (Wildman–Crippen LogP) is 2.25. The lowest BCUT2D eigenvalue weighted by Crippen LogP contribution is -2.49. The van der Waals surface area contributed by atoms with Crippen molar-refractivity contribution in [1.29, 1.82) is 0 Å². The Labute approximate surface area is 119 Å². The number of hydrogen-bond donors (Lipinski definition) is 1. The minimum atomic E-state index is 0.490. The summed E-state index contributed by atoms with van der Waals surface area (Å²) in [5, 5.41) is 3.43. The van der Waals surface area contributed by atoms with Crippen molar-refractivity contribution in [2.75, 3.05) is 24.5 Å².